The second-order valence-corrected chi connectivity index (χ2v) is 3.90. The van der Waals surface area contributed by atoms with Crippen LogP contribution in [0.4, 0.5) is 4.39 Å². The zero-order valence-corrected chi connectivity index (χ0v) is 8.88. The third kappa shape index (κ3) is 2.04. The van der Waals surface area contributed by atoms with Crippen molar-refractivity contribution in [1.29, 1.82) is 0 Å². The number of likely N-dealkylation sites (tertiary alicyclic amines) is 1. The minimum Gasteiger partial charge on any atom is -0.390 e. The topological polar surface area (TPSA) is 71.2 Å². The van der Waals surface area contributed by atoms with Gasteiger partial charge >= 0.3 is 0 Å². The molecule has 1 saturated heterocycles. The molecule has 1 amide bonds. The summed E-state index contributed by atoms with van der Waals surface area (Å²) < 4.78 is 14.6. The minimum atomic E-state index is -1.38. The third-order valence-corrected chi connectivity index (χ3v) is 2.62. The van der Waals surface area contributed by atoms with Crippen LogP contribution < -0.4 is 0 Å². The van der Waals surface area contributed by atoms with E-state index < -0.39 is 12.3 Å². The molecule has 0 aliphatic carbocycles. The fraction of sp³-hybridized carbons (Fsp3) is 0.667. The molecule has 0 saturated carbocycles. The quantitative estimate of drug-likeness (QED) is 0.694. The number of aromatic nitrogens is 3. The number of rotatable bonds is 1. The molecule has 2 rings (SSSR count). The lowest BCUT2D eigenvalue weighted by molar-refractivity contribution is 0.00802. The third-order valence-electron chi connectivity index (χ3n) is 2.62. The maximum absolute atomic E-state index is 13.2. The summed E-state index contributed by atoms with van der Waals surface area (Å²) >= 11 is 0. The van der Waals surface area contributed by atoms with Crippen molar-refractivity contribution >= 4 is 5.91 Å². The number of aliphatic hydroxyl groups excluding tert-OH is 1. The molecular weight excluding hydrogens is 215 g/mol. The average molecular weight is 228 g/mol. The first-order valence-electron chi connectivity index (χ1n) is 5.05. The fourth-order valence-corrected chi connectivity index (χ4v) is 1.68. The van der Waals surface area contributed by atoms with Crippen molar-refractivity contribution in [2.24, 2.45) is 7.05 Å². The first-order valence-corrected chi connectivity index (χ1v) is 5.05. The average Bonchev–Trinajstić information content (AvgIpc) is 2.68. The molecule has 6 nitrogen and oxygen atoms in total. The highest BCUT2D eigenvalue weighted by Crippen LogP contribution is 2.15. The van der Waals surface area contributed by atoms with Crippen molar-refractivity contribution < 1.29 is 14.3 Å². The highest BCUT2D eigenvalue weighted by Gasteiger charge is 2.31. The van der Waals surface area contributed by atoms with Gasteiger partial charge in [0.15, 0.2) is 5.69 Å². The molecule has 7 heteroatoms. The van der Waals surface area contributed by atoms with E-state index in [-0.39, 0.29) is 24.6 Å². The minimum absolute atomic E-state index is 0.0867. The van der Waals surface area contributed by atoms with Crippen molar-refractivity contribution in [1.82, 2.24) is 19.9 Å². The molecule has 2 atom stereocenters. The van der Waals surface area contributed by atoms with Gasteiger partial charge in [-0.1, -0.05) is 5.21 Å². The maximum Gasteiger partial charge on any atom is 0.276 e. The number of alkyl halides is 1. The Balaban J connectivity index is 2.06. The molecule has 88 valence electrons. The number of hydrogen-bond donors (Lipinski definition) is 1. The van der Waals surface area contributed by atoms with Crippen LogP contribution in [-0.2, 0) is 7.05 Å². The second kappa shape index (κ2) is 4.17. The van der Waals surface area contributed by atoms with E-state index in [1.807, 2.05) is 0 Å². The summed E-state index contributed by atoms with van der Waals surface area (Å²) in [7, 11) is 1.65. The molecule has 2 heterocycles. The van der Waals surface area contributed by atoms with Gasteiger partial charge in [-0.15, -0.1) is 5.10 Å². The van der Waals surface area contributed by atoms with Gasteiger partial charge in [0.2, 0.25) is 0 Å². The number of aryl methyl sites for hydroxylation is 1. The molecule has 0 unspecified atom stereocenters. The second-order valence-electron chi connectivity index (χ2n) is 3.90. The van der Waals surface area contributed by atoms with Crippen LogP contribution in [0.2, 0.25) is 0 Å². The van der Waals surface area contributed by atoms with Crippen LogP contribution in [0.3, 0.4) is 0 Å². The number of amides is 1. The van der Waals surface area contributed by atoms with E-state index in [1.165, 1.54) is 15.8 Å². The van der Waals surface area contributed by atoms with Crippen LogP contribution in [0.15, 0.2) is 6.20 Å². The molecule has 0 spiro atoms. The van der Waals surface area contributed by atoms with Crippen molar-refractivity contribution in [3.05, 3.63) is 11.9 Å². The van der Waals surface area contributed by atoms with Gasteiger partial charge in [-0.2, -0.15) is 0 Å². The van der Waals surface area contributed by atoms with Gasteiger partial charge in [-0.05, 0) is 6.42 Å². The Morgan fingerprint density at radius 2 is 2.44 bits per heavy atom. The van der Waals surface area contributed by atoms with Gasteiger partial charge in [-0.25, -0.2) is 4.39 Å². The number of nitrogens with zero attached hydrogens (tertiary/aromatic N) is 4. The molecule has 1 aromatic heterocycles. The van der Waals surface area contributed by atoms with E-state index in [2.05, 4.69) is 10.3 Å². The molecular formula is C9H13FN4O2. The number of carbonyl (C=O) groups excluding carboxylic acids is 1. The van der Waals surface area contributed by atoms with Gasteiger partial charge in [0.05, 0.1) is 18.8 Å². The summed E-state index contributed by atoms with van der Waals surface area (Å²) in [5.74, 6) is -0.345. The summed E-state index contributed by atoms with van der Waals surface area (Å²) in [6.07, 6.45) is -0.603. The van der Waals surface area contributed by atoms with E-state index in [9.17, 15) is 14.3 Å². The summed E-state index contributed by atoms with van der Waals surface area (Å²) in [4.78, 5) is 13.2. The predicted octanol–water partition coefficient (Wildman–Crippen LogP) is -0.640. The Kier molecular flexibility index (Phi) is 2.86. The van der Waals surface area contributed by atoms with Crippen LogP contribution in [0.25, 0.3) is 0 Å². The number of halogens is 1. The van der Waals surface area contributed by atoms with Gasteiger partial charge in [0.25, 0.3) is 5.91 Å². The number of hydrogen-bond acceptors (Lipinski definition) is 4. The first kappa shape index (κ1) is 11.0. The summed E-state index contributed by atoms with van der Waals surface area (Å²) in [5.41, 5.74) is 0.200. The summed E-state index contributed by atoms with van der Waals surface area (Å²) in [6, 6.07) is 0. The molecule has 0 bridgehead atoms. The predicted molar refractivity (Wildman–Crippen MR) is 52.4 cm³/mol. The lowest BCUT2D eigenvalue weighted by Crippen LogP contribution is -2.47. The van der Waals surface area contributed by atoms with Crippen LogP contribution in [0.1, 0.15) is 16.9 Å². The number of carbonyl (C=O) groups is 1. The Morgan fingerprint density at radius 3 is 3.00 bits per heavy atom. The van der Waals surface area contributed by atoms with E-state index in [4.69, 9.17) is 0 Å². The molecule has 1 aliphatic rings. The lowest BCUT2D eigenvalue weighted by Gasteiger charge is -2.31. The Bertz CT molecular complexity index is 395. The van der Waals surface area contributed by atoms with E-state index in [1.54, 1.807) is 7.05 Å². The van der Waals surface area contributed by atoms with E-state index in [0.29, 0.717) is 6.54 Å². The molecule has 0 radical (unpaired) electrons. The fourth-order valence-electron chi connectivity index (χ4n) is 1.68. The zero-order valence-electron chi connectivity index (χ0n) is 8.88. The monoisotopic (exact) mass is 228 g/mol. The van der Waals surface area contributed by atoms with Gasteiger partial charge in [0.1, 0.15) is 6.17 Å². The molecule has 16 heavy (non-hydrogen) atoms. The van der Waals surface area contributed by atoms with Crippen molar-refractivity contribution in [2.45, 2.75) is 18.7 Å². The molecule has 0 aromatic carbocycles. The zero-order chi connectivity index (χ0) is 11.7. The Labute approximate surface area is 91.7 Å². The van der Waals surface area contributed by atoms with Crippen LogP contribution in [-0.4, -0.2) is 56.3 Å². The highest BCUT2D eigenvalue weighted by molar-refractivity contribution is 5.92. The SMILES string of the molecule is Cn1cc(C(=O)N2CC[C@H](O)[C@H](F)C2)nn1. The lowest BCUT2D eigenvalue weighted by atomic mass is 10.1. The van der Waals surface area contributed by atoms with Crippen molar-refractivity contribution in [3.8, 4) is 0 Å². The summed E-state index contributed by atoms with van der Waals surface area (Å²) in [6.45, 7) is 0.258. The Morgan fingerprint density at radius 1 is 1.69 bits per heavy atom. The highest BCUT2D eigenvalue weighted by atomic mass is 19.1. The summed E-state index contributed by atoms with van der Waals surface area (Å²) in [5, 5.41) is 16.5. The van der Waals surface area contributed by atoms with Crippen LogP contribution >= 0.6 is 0 Å². The van der Waals surface area contributed by atoms with Crippen LogP contribution in [0, 0.1) is 0 Å². The van der Waals surface area contributed by atoms with Gasteiger partial charge < -0.3 is 10.0 Å². The van der Waals surface area contributed by atoms with Gasteiger partial charge in [0, 0.05) is 13.6 Å². The normalized spacial score (nSPS) is 25.8. The van der Waals surface area contributed by atoms with Crippen molar-refractivity contribution in [2.75, 3.05) is 13.1 Å². The smallest absolute Gasteiger partial charge is 0.276 e. The molecule has 1 N–H and O–H groups in total. The van der Waals surface area contributed by atoms with E-state index in [0.717, 1.165) is 0 Å². The standard InChI is InChI=1S/C9H13FN4O2/c1-13-5-7(11-12-13)9(16)14-3-2-8(15)6(10)4-14/h5-6,8,15H,2-4H2,1H3/t6-,8+/m1/s1. The van der Waals surface area contributed by atoms with Gasteiger partial charge in [-0.3, -0.25) is 9.48 Å². The van der Waals surface area contributed by atoms with Crippen LogP contribution in [0.5, 0.6) is 0 Å². The molecule has 1 fully saturated rings. The largest absolute Gasteiger partial charge is 0.390 e. The van der Waals surface area contributed by atoms with E-state index >= 15 is 0 Å². The van der Waals surface area contributed by atoms with Crippen molar-refractivity contribution in [3.63, 3.8) is 0 Å². The number of aliphatic hydroxyl groups is 1. The molecule has 1 aliphatic heterocycles. The maximum atomic E-state index is 13.2. The number of piperidine rings is 1. The first-order chi connectivity index (χ1) is 7.58. The Hall–Kier alpha value is -1.50. The molecule has 1 aromatic rings.